The highest BCUT2D eigenvalue weighted by atomic mass is 32.2. The number of benzene rings is 1. The lowest BCUT2D eigenvalue weighted by molar-refractivity contribution is 0.404. The zero-order chi connectivity index (χ0) is 21.4. The van der Waals surface area contributed by atoms with Crippen molar-refractivity contribution in [3.05, 3.63) is 46.8 Å². The molecule has 0 saturated carbocycles. The van der Waals surface area contributed by atoms with Crippen LogP contribution in [0.1, 0.15) is 28.9 Å². The van der Waals surface area contributed by atoms with Crippen LogP contribution in [0.2, 0.25) is 0 Å². The van der Waals surface area contributed by atoms with Gasteiger partial charge in [0, 0.05) is 33.2 Å². The highest BCUT2D eigenvalue weighted by Crippen LogP contribution is 2.25. The van der Waals surface area contributed by atoms with E-state index < -0.39 is 20.0 Å². The third kappa shape index (κ3) is 4.55. The van der Waals surface area contributed by atoms with Crippen LogP contribution >= 0.6 is 0 Å². The lowest BCUT2D eigenvalue weighted by atomic mass is 10.2. The molecule has 1 aliphatic rings. The Morgan fingerprint density at radius 2 is 1.48 bits per heavy atom. The van der Waals surface area contributed by atoms with Gasteiger partial charge in [-0.1, -0.05) is 29.8 Å². The Morgan fingerprint density at radius 1 is 0.897 bits per heavy atom. The van der Waals surface area contributed by atoms with Crippen LogP contribution in [0.15, 0.2) is 29.2 Å². The molecule has 0 aliphatic carbocycles. The Bertz CT molecular complexity index is 1090. The first-order valence-corrected chi connectivity index (χ1v) is 12.6. The minimum atomic E-state index is -3.73. The molecule has 29 heavy (non-hydrogen) atoms. The number of hydrogen-bond donors (Lipinski definition) is 0. The largest absolute Gasteiger partial charge is 0.271 e. The van der Waals surface area contributed by atoms with E-state index in [9.17, 15) is 16.8 Å². The number of rotatable bonds is 5. The van der Waals surface area contributed by atoms with Crippen LogP contribution in [-0.4, -0.2) is 61.4 Å². The van der Waals surface area contributed by atoms with Gasteiger partial charge in [-0.15, -0.1) is 0 Å². The molecule has 3 rings (SSSR count). The van der Waals surface area contributed by atoms with Crippen molar-refractivity contribution in [3.8, 4) is 0 Å². The van der Waals surface area contributed by atoms with Gasteiger partial charge >= 0.3 is 0 Å². The third-order valence-corrected chi connectivity index (χ3v) is 9.32. The second-order valence-corrected chi connectivity index (χ2v) is 11.4. The third-order valence-electron chi connectivity index (χ3n) is 5.32. The van der Waals surface area contributed by atoms with Gasteiger partial charge in [0.1, 0.15) is 4.90 Å². The zero-order valence-corrected chi connectivity index (χ0v) is 18.9. The van der Waals surface area contributed by atoms with Gasteiger partial charge in [0.25, 0.3) is 0 Å². The summed E-state index contributed by atoms with van der Waals surface area (Å²) >= 11 is 0. The maximum atomic E-state index is 13.2. The molecule has 160 valence electrons. The zero-order valence-electron chi connectivity index (χ0n) is 17.3. The minimum absolute atomic E-state index is 0.0825. The van der Waals surface area contributed by atoms with E-state index in [0.29, 0.717) is 24.4 Å². The second-order valence-electron chi connectivity index (χ2n) is 7.52. The van der Waals surface area contributed by atoms with Gasteiger partial charge in [0.2, 0.25) is 20.0 Å². The van der Waals surface area contributed by atoms with Gasteiger partial charge in [-0.3, -0.25) is 4.68 Å². The lowest BCUT2D eigenvalue weighted by Crippen LogP contribution is -2.38. The van der Waals surface area contributed by atoms with Crippen molar-refractivity contribution in [2.24, 2.45) is 7.05 Å². The van der Waals surface area contributed by atoms with Crippen molar-refractivity contribution in [1.82, 2.24) is 18.4 Å². The summed E-state index contributed by atoms with van der Waals surface area (Å²) in [7, 11) is -5.54. The van der Waals surface area contributed by atoms with Gasteiger partial charge in [-0.05, 0) is 32.8 Å². The lowest BCUT2D eigenvalue weighted by Gasteiger charge is -2.22. The highest BCUT2D eigenvalue weighted by Gasteiger charge is 2.34. The van der Waals surface area contributed by atoms with Gasteiger partial charge in [0.15, 0.2) is 0 Å². The summed E-state index contributed by atoms with van der Waals surface area (Å²) in [5, 5.41) is 4.21. The van der Waals surface area contributed by atoms with E-state index in [1.54, 1.807) is 25.6 Å². The first-order chi connectivity index (χ1) is 13.5. The van der Waals surface area contributed by atoms with Crippen molar-refractivity contribution >= 4 is 20.0 Å². The first-order valence-electron chi connectivity index (χ1n) is 9.56. The second kappa shape index (κ2) is 8.17. The summed E-state index contributed by atoms with van der Waals surface area (Å²) in [6, 6.07) is 7.41. The molecular weight excluding hydrogens is 412 g/mol. The highest BCUT2D eigenvalue weighted by molar-refractivity contribution is 7.89. The smallest absolute Gasteiger partial charge is 0.246 e. The van der Waals surface area contributed by atoms with E-state index in [1.165, 1.54) is 8.61 Å². The van der Waals surface area contributed by atoms with Crippen LogP contribution in [-0.2, 0) is 32.8 Å². The van der Waals surface area contributed by atoms with Crippen molar-refractivity contribution in [2.75, 3.05) is 26.2 Å². The molecule has 0 unspecified atom stereocenters. The van der Waals surface area contributed by atoms with E-state index in [4.69, 9.17) is 0 Å². The summed E-state index contributed by atoms with van der Waals surface area (Å²) in [5.74, 6) is -0.0825. The van der Waals surface area contributed by atoms with Crippen molar-refractivity contribution in [3.63, 3.8) is 0 Å². The van der Waals surface area contributed by atoms with Gasteiger partial charge in [-0.25, -0.2) is 21.1 Å². The fourth-order valence-corrected chi connectivity index (χ4v) is 7.06. The van der Waals surface area contributed by atoms with E-state index in [-0.39, 0.29) is 30.3 Å². The molecule has 2 heterocycles. The molecule has 0 spiro atoms. The quantitative estimate of drug-likeness (QED) is 0.704. The monoisotopic (exact) mass is 440 g/mol. The standard InChI is InChI=1S/C19H28N4O4S2/c1-15-6-8-18(9-7-15)14-28(24,25)22-10-5-11-23(13-12-22)29(26,27)19-16(2)20-21(4)17(19)3/h6-9H,5,10-14H2,1-4H3. The average molecular weight is 441 g/mol. The van der Waals surface area contributed by atoms with Crippen LogP contribution in [0.4, 0.5) is 0 Å². The summed E-state index contributed by atoms with van der Waals surface area (Å²) in [4.78, 5) is 0.218. The van der Waals surface area contributed by atoms with Crippen molar-refractivity contribution in [2.45, 2.75) is 37.8 Å². The van der Waals surface area contributed by atoms with E-state index in [0.717, 1.165) is 11.1 Å². The number of hydrogen-bond acceptors (Lipinski definition) is 5. The molecule has 1 aromatic carbocycles. The molecule has 0 radical (unpaired) electrons. The van der Waals surface area contributed by atoms with Gasteiger partial charge in [0.05, 0.1) is 17.1 Å². The van der Waals surface area contributed by atoms with Crippen LogP contribution in [0.25, 0.3) is 0 Å². The number of aromatic nitrogens is 2. The normalized spacial score (nSPS) is 17.4. The maximum Gasteiger partial charge on any atom is 0.246 e. The molecule has 0 amide bonds. The Labute approximate surface area is 173 Å². The summed E-state index contributed by atoms with van der Waals surface area (Å²) < 4.78 is 56.5. The fourth-order valence-electron chi connectivity index (χ4n) is 3.63. The van der Waals surface area contributed by atoms with Gasteiger partial charge < -0.3 is 0 Å². The fraction of sp³-hybridized carbons (Fsp3) is 0.526. The van der Waals surface area contributed by atoms with Crippen molar-refractivity contribution < 1.29 is 16.8 Å². The molecule has 0 bridgehead atoms. The molecule has 1 aromatic heterocycles. The van der Waals surface area contributed by atoms with Crippen LogP contribution in [0.5, 0.6) is 0 Å². The molecule has 0 atom stereocenters. The molecule has 1 fully saturated rings. The Kier molecular flexibility index (Phi) is 6.19. The molecule has 8 nitrogen and oxygen atoms in total. The number of sulfonamides is 2. The molecule has 1 saturated heterocycles. The number of nitrogens with zero attached hydrogens (tertiary/aromatic N) is 4. The number of aryl methyl sites for hydroxylation is 3. The predicted molar refractivity (Wildman–Crippen MR) is 111 cm³/mol. The molecule has 2 aromatic rings. The summed E-state index contributed by atoms with van der Waals surface area (Å²) in [6.45, 7) is 6.22. The van der Waals surface area contributed by atoms with Crippen LogP contribution in [0, 0.1) is 20.8 Å². The topological polar surface area (TPSA) is 92.6 Å². The van der Waals surface area contributed by atoms with Crippen LogP contribution < -0.4 is 0 Å². The van der Waals surface area contributed by atoms with Crippen LogP contribution in [0.3, 0.4) is 0 Å². The SMILES string of the molecule is Cc1ccc(CS(=O)(=O)N2CCCN(S(=O)(=O)c3c(C)nn(C)c3C)CC2)cc1. The molecule has 10 heteroatoms. The van der Waals surface area contributed by atoms with Crippen molar-refractivity contribution in [1.29, 1.82) is 0 Å². The molecule has 0 N–H and O–H groups in total. The summed E-state index contributed by atoms with van der Waals surface area (Å²) in [5.41, 5.74) is 2.84. The Balaban J connectivity index is 1.77. The van der Waals surface area contributed by atoms with Gasteiger partial charge in [-0.2, -0.15) is 9.40 Å². The Morgan fingerprint density at radius 3 is 2.07 bits per heavy atom. The van der Waals surface area contributed by atoms with E-state index >= 15 is 0 Å². The minimum Gasteiger partial charge on any atom is -0.271 e. The Hall–Kier alpha value is -1.75. The summed E-state index contributed by atoms with van der Waals surface area (Å²) in [6.07, 6.45) is 0.449. The molecular formula is C19H28N4O4S2. The maximum absolute atomic E-state index is 13.2. The average Bonchev–Trinajstić information content (AvgIpc) is 2.82. The first kappa shape index (κ1) is 21.9. The predicted octanol–water partition coefficient (Wildman–Crippen LogP) is 1.57. The van der Waals surface area contributed by atoms with E-state index in [2.05, 4.69) is 5.10 Å². The van der Waals surface area contributed by atoms with E-state index in [1.807, 2.05) is 31.2 Å². The molecule has 1 aliphatic heterocycles.